The highest BCUT2D eigenvalue weighted by Crippen LogP contribution is 2.18. The Balaban J connectivity index is 2.02. The molecular weight excluding hydrogens is 200 g/mol. The van der Waals surface area contributed by atoms with Crippen molar-refractivity contribution < 1.29 is 4.79 Å². The molecule has 1 aliphatic heterocycles. The first kappa shape index (κ1) is 9.46. The van der Waals surface area contributed by atoms with Crippen LogP contribution in [0.25, 0.3) is 0 Å². The molecule has 0 N–H and O–H groups in total. The summed E-state index contributed by atoms with van der Waals surface area (Å²) in [6, 6.07) is 3.82. The van der Waals surface area contributed by atoms with Gasteiger partial charge in [-0.25, -0.2) is 0 Å². The second-order valence-corrected chi connectivity index (χ2v) is 4.05. The van der Waals surface area contributed by atoms with Gasteiger partial charge in [0.25, 0.3) is 0 Å². The molecule has 1 unspecified atom stereocenters. The van der Waals surface area contributed by atoms with Gasteiger partial charge in [0.1, 0.15) is 0 Å². The number of alkyl halides is 1. The van der Waals surface area contributed by atoms with Crippen molar-refractivity contribution in [3.05, 3.63) is 30.1 Å². The van der Waals surface area contributed by atoms with E-state index in [9.17, 15) is 4.79 Å². The van der Waals surface area contributed by atoms with Gasteiger partial charge in [0.05, 0.1) is 5.38 Å². The normalized spacial score (nSPS) is 21.6. The van der Waals surface area contributed by atoms with E-state index < -0.39 is 0 Å². The van der Waals surface area contributed by atoms with Crippen molar-refractivity contribution in [2.24, 2.45) is 0 Å². The molecule has 0 aromatic carbocycles. The predicted molar refractivity (Wildman–Crippen MR) is 53.9 cm³/mol. The van der Waals surface area contributed by atoms with Gasteiger partial charge in [-0.15, -0.1) is 11.6 Å². The molecule has 1 saturated heterocycles. The Bertz CT molecular complexity index is 328. The topological polar surface area (TPSA) is 33.2 Å². The van der Waals surface area contributed by atoms with Crippen LogP contribution in [0.3, 0.4) is 0 Å². The van der Waals surface area contributed by atoms with E-state index in [4.69, 9.17) is 11.6 Å². The highest BCUT2D eigenvalue weighted by molar-refractivity contribution is 6.22. The number of hydrogen-bond acceptors (Lipinski definition) is 2. The van der Waals surface area contributed by atoms with Gasteiger partial charge in [0.2, 0.25) is 5.91 Å². The van der Waals surface area contributed by atoms with Crippen molar-refractivity contribution in [2.45, 2.75) is 18.3 Å². The van der Waals surface area contributed by atoms with Gasteiger partial charge in [-0.05, 0) is 17.7 Å². The molecule has 3 nitrogen and oxygen atoms in total. The zero-order chi connectivity index (χ0) is 9.97. The van der Waals surface area contributed by atoms with Crippen LogP contribution in [0.1, 0.15) is 12.0 Å². The number of hydrogen-bond donors (Lipinski definition) is 0. The highest BCUT2D eigenvalue weighted by Gasteiger charge is 2.27. The molecule has 0 radical (unpaired) electrons. The number of rotatable bonds is 2. The third-order valence-corrected chi connectivity index (χ3v) is 2.58. The standard InChI is InChI=1S/C10H11ClN2O/c11-9-5-10(14)13(7-9)6-8-1-3-12-4-2-8/h1-4,9H,5-7H2. The molecule has 1 amide bonds. The molecule has 1 aromatic rings. The maximum absolute atomic E-state index is 11.4. The third kappa shape index (κ3) is 2.04. The first-order chi connectivity index (χ1) is 6.75. The Labute approximate surface area is 87.7 Å². The van der Waals surface area contributed by atoms with E-state index in [2.05, 4.69) is 4.98 Å². The number of likely N-dealkylation sites (tertiary alicyclic amines) is 1. The van der Waals surface area contributed by atoms with Crippen LogP contribution in [0.4, 0.5) is 0 Å². The molecular formula is C10H11ClN2O. The van der Waals surface area contributed by atoms with Crippen molar-refractivity contribution in [2.75, 3.05) is 6.54 Å². The quantitative estimate of drug-likeness (QED) is 0.692. The van der Waals surface area contributed by atoms with Gasteiger partial charge in [-0.1, -0.05) is 0 Å². The minimum absolute atomic E-state index is 0.0238. The van der Waals surface area contributed by atoms with E-state index in [1.165, 1.54) is 0 Å². The number of amides is 1. The Morgan fingerprint density at radius 3 is 2.79 bits per heavy atom. The molecule has 0 spiro atoms. The lowest BCUT2D eigenvalue weighted by Crippen LogP contribution is -2.24. The van der Waals surface area contributed by atoms with E-state index >= 15 is 0 Å². The molecule has 14 heavy (non-hydrogen) atoms. The molecule has 74 valence electrons. The van der Waals surface area contributed by atoms with E-state index in [0.717, 1.165) is 5.56 Å². The summed E-state index contributed by atoms with van der Waals surface area (Å²) < 4.78 is 0. The van der Waals surface area contributed by atoms with Crippen molar-refractivity contribution in [3.8, 4) is 0 Å². The Morgan fingerprint density at radius 2 is 2.21 bits per heavy atom. The summed E-state index contributed by atoms with van der Waals surface area (Å²) in [5.74, 6) is 0.141. The van der Waals surface area contributed by atoms with Gasteiger partial charge in [0, 0.05) is 31.9 Å². The summed E-state index contributed by atoms with van der Waals surface area (Å²) >= 11 is 5.89. The second-order valence-electron chi connectivity index (χ2n) is 3.43. The van der Waals surface area contributed by atoms with Crippen LogP contribution in [0.15, 0.2) is 24.5 Å². The summed E-state index contributed by atoms with van der Waals surface area (Å²) in [5, 5.41) is -0.0238. The molecule has 0 saturated carbocycles. The first-order valence-corrected chi connectivity index (χ1v) is 5.00. The molecule has 1 atom stereocenters. The van der Waals surface area contributed by atoms with Crippen LogP contribution >= 0.6 is 11.6 Å². The molecule has 2 rings (SSSR count). The summed E-state index contributed by atoms with van der Waals surface area (Å²) in [5.41, 5.74) is 1.10. The molecule has 0 bridgehead atoms. The zero-order valence-corrected chi connectivity index (χ0v) is 8.44. The van der Waals surface area contributed by atoms with Crippen molar-refractivity contribution >= 4 is 17.5 Å². The van der Waals surface area contributed by atoms with Crippen LogP contribution < -0.4 is 0 Å². The summed E-state index contributed by atoms with van der Waals surface area (Å²) in [4.78, 5) is 17.1. The van der Waals surface area contributed by atoms with E-state index in [0.29, 0.717) is 19.5 Å². The minimum atomic E-state index is -0.0238. The summed E-state index contributed by atoms with van der Waals surface area (Å²) in [6.07, 6.45) is 3.93. The number of carbonyl (C=O) groups excluding carboxylic acids is 1. The van der Waals surface area contributed by atoms with Gasteiger partial charge in [0.15, 0.2) is 0 Å². The SMILES string of the molecule is O=C1CC(Cl)CN1Cc1ccncc1. The van der Waals surface area contributed by atoms with Crippen molar-refractivity contribution in [1.29, 1.82) is 0 Å². The van der Waals surface area contributed by atoms with Gasteiger partial charge >= 0.3 is 0 Å². The Kier molecular flexibility index (Phi) is 2.68. The lowest BCUT2D eigenvalue weighted by atomic mass is 10.2. The van der Waals surface area contributed by atoms with Crippen LogP contribution in [-0.4, -0.2) is 27.7 Å². The molecule has 4 heteroatoms. The average molecular weight is 211 g/mol. The number of halogens is 1. The molecule has 1 aliphatic rings. The fourth-order valence-electron chi connectivity index (χ4n) is 1.59. The molecule has 1 fully saturated rings. The van der Waals surface area contributed by atoms with Crippen molar-refractivity contribution in [3.63, 3.8) is 0 Å². The number of pyridine rings is 1. The van der Waals surface area contributed by atoms with Gasteiger partial charge < -0.3 is 4.90 Å². The maximum Gasteiger partial charge on any atom is 0.224 e. The van der Waals surface area contributed by atoms with Crippen LogP contribution in [0.5, 0.6) is 0 Å². The first-order valence-electron chi connectivity index (χ1n) is 4.56. The van der Waals surface area contributed by atoms with Crippen LogP contribution in [0.2, 0.25) is 0 Å². The molecule has 2 heterocycles. The molecule has 0 aliphatic carbocycles. The van der Waals surface area contributed by atoms with Gasteiger partial charge in [-0.2, -0.15) is 0 Å². The average Bonchev–Trinajstić information content (AvgIpc) is 2.47. The highest BCUT2D eigenvalue weighted by atomic mass is 35.5. The maximum atomic E-state index is 11.4. The lowest BCUT2D eigenvalue weighted by Gasteiger charge is -2.15. The summed E-state index contributed by atoms with van der Waals surface area (Å²) in [6.45, 7) is 1.30. The van der Waals surface area contributed by atoms with E-state index in [1.54, 1.807) is 17.3 Å². The number of nitrogens with zero attached hydrogens (tertiary/aromatic N) is 2. The Morgan fingerprint density at radius 1 is 1.50 bits per heavy atom. The molecule has 1 aromatic heterocycles. The van der Waals surface area contributed by atoms with Crippen LogP contribution in [0, 0.1) is 0 Å². The monoisotopic (exact) mass is 210 g/mol. The number of aromatic nitrogens is 1. The minimum Gasteiger partial charge on any atom is -0.337 e. The van der Waals surface area contributed by atoms with E-state index in [-0.39, 0.29) is 11.3 Å². The van der Waals surface area contributed by atoms with E-state index in [1.807, 2.05) is 12.1 Å². The third-order valence-electron chi connectivity index (χ3n) is 2.29. The number of carbonyl (C=O) groups is 1. The Hall–Kier alpha value is -1.09. The van der Waals surface area contributed by atoms with Crippen molar-refractivity contribution in [1.82, 2.24) is 9.88 Å². The fourth-order valence-corrected chi connectivity index (χ4v) is 1.88. The van der Waals surface area contributed by atoms with Crippen LogP contribution in [-0.2, 0) is 11.3 Å². The second kappa shape index (κ2) is 3.96. The summed E-state index contributed by atoms with van der Waals surface area (Å²) in [7, 11) is 0. The predicted octanol–water partition coefficient (Wildman–Crippen LogP) is 1.42. The lowest BCUT2D eigenvalue weighted by molar-refractivity contribution is -0.128. The fraction of sp³-hybridized carbons (Fsp3) is 0.400. The zero-order valence-electron chi connectivity index (χ0n) is 7.69. The van der Waals surface area contributed by atoms with Gasteiger partial charge in [-0.3, -0.25) is 9.78 Å². The largest absolute Gasteiger partial charge is 0.337 e. The smallest absolute Gasteiger partial charge is 0.224 e.